The summed E-state index contributed by atoms with van der Waals surface area (Å²) in [4.78, 5) is 34.3. The molecule has 0 aliphatic rings. The molecule has 4 nitrogen and oxygen atoms in total. The van der Waals surface area contributed by atoms with Crippen LogP contribution < -0.4 is 48.7 Å². The smallest absolute Gasteiger partial charge is 0.894 e. The van der Waals surface area contributed by atoms with Gasteiger partial charge in [0, 0.05) is 0 Å². The zero-order valence-corrected chi connectivity index (χ0v) is 9.77. The molecule has 7 heteroatoms. The van der Waals surface area contributed by atoms with Gasteiger partial charge in [0.15, 0.2) is 0 Å². The van der Waals surface area contributed by atoms with Gasteiger partial charge < -0.3 is 28.2 Å². The molecule has 0 amide bonds. The summed E-state index contributed by atoms with van der Waals surface area (Å²) < 4.78 is 0. The molecular formula is CeNaO4Si. The van der Waals surface area contributed by atoms with E-state index in [0.717, 1.165) is 0 Å². The molecule has 0 saturated carbocycles. The van der Waals surface area contributed by atoms with E-state index in [-0.39, 0.29) is 71.3 Å². The number of hydrogen-bond acceptors (Lipinski definition) is 4. The number of hydrogen-bond donors (Lipinski definition) is 0. The molecule has 0 aliphatic carbocycles. The van der Waals surface area contributed by atoms with Crippen molar-refractivity contribution in [3.05, 3.63) is 0 Å². The summed E-state index contributed by atoms with van der Waals surface area (Å²) in [6.45, 7) is 0. The van der Waals surface area contributed by atoms with Gasteiger partial charge in [-0.25, -0.2) is 0 Å². The van der Waals surface area contributed by atoms with Crippen LogP contribution in [0.4, 0.5) is 0 Å². The standard InChI is InChI=1S/Ce.Na.O4Si/c;;1-5(2,3)4/q+3;+1;-4. The monoisotopic (exact) mass is 255 g/mol. The zero-order chi connectivity index (χ0) is 4.50. The first kappa shape index (κ1) is 16.2. The topological polar surface area (TPSA) is 92.2 Å². The Kier molecular flexibility index (Phi) is 15.2. The van der Waals surface area contributed by atoms with Gasteiger partial charge >= 0.3 is 71.3 Å². The van der Waals surface area contributed by atoms with Crippen LogP contribution in [-0.2, 0) is 0 Å². The van der Waals surface area contributed by atoms with E-state index in [4.69, 9.17) is 19.2 Å². The average molecular weight is 255 g/mol. The van der Waals surface area contributed by atoms with Gasteiger partial charge in [-0.2, -0.15) is 0 Å². The predicted molar refractivity (Wildman–Crippen MR) is 5.75 cm³/mol. The first-order valence-electron chi connectivity index (χ1n) is 0.816. The summed E-state index contributed by atoms with van der Waals surface area (Å²) >= 11 is 0. The van der Waals surface area contributed by atoms with Crippen molar-refractivity contribution in [2.24, 2.45) is 0 Å². The third-order valence-electron chi connectivity index (χ3n) is 0. The van der Waals surface area contributed by atoms with Crippen molar-refractivity contribution < 1.29 is 90.5 Å². The second-order valence-electron chi connectivity index (χ2n) is 0.500. The van der Waals surface area contributed by atoms with Crippen molar-refractivity contribution in [3.63, 3.8) is 0 Å². The fraction of sp³-hybridized carbons (Fsp3) is 0. The van der Waals surface area contributed by atoms with Crippen molar-refractivity contribution in [1.29, 1.82) is 0 Å². The van der Waals surface area contributed by atoms with Gasteiger partial charge in [-0.05, 0) is 0 Å². The summed E-state index contributed by atoms with van der Waals surface area (Å²) in [6.07, 6.45) is 0. The van der Waals surface area contributed by atoms with E-state index in [1.165, 1.54) is 0 Å². The Hall–Kier alpha value is 2.43. The molecule has 7 heavy (non-hydrogen) atoms. The van der Waals surface area contributed by atoms with Gasteiger partial charge in [0.2, 0.25) is 0 Å². The molecule has 0 fully saturated rings. The maximum absolute atomic E-state index is 8.58. The Morgan fingerprint density at radius 2 is 0.857 bits per heavy atom. The first-order chi connectivity index (χ1) is 2.00. The van der Waals surface area contributed by atoms with Crippen LogP contribution in [0.5, 0.6) is 0 Å². The molecule has 0 rings (SSSR count). The quantitative estimate of drug-likeness (QED) is 0.402. The second kappa shape index (κ2) is 6.55. The number of rotatable bonds is 0. The zero-order valence-electron chi connectivity index (χ0n) is 3.63. The summed E-state index contributed by atoms with van der Waals surface area (Å²) in [5, 5.41) is 0. The summed E-state index contributed by atoms with van der Waals surface area (Å²) in [7, 11) is -5.61. The minimum atomic E-state index is -5.61. The maximum Gasteiger partial charge on any atom is 3.00 e. The Morgan fingerprint density at radius 1 is 0.857 bits per heavy atom. The molecule has 0 atom stereocenters. The van der Waals surface area contributed by atoms with Gasteiger partial charge in [-0.1, -0.05) is 0 Å². The fourth-order valence-electron chi connectivity index (χ4n) is 0. The van der Waals surface area contributed by atoms with Crippen LogP contribution in [0.15, 0.2) is 0 Å². The van der Waals surface area contributed by atoms with Crippen LogP contribution in [0.25, 0.3) is 0 Å². The van der Waals surface area contributed by atoms with Crippen molar-refractivity contribution in [2.45, 2.75) is 0 Å². The average Bonchev–Trinajstić information content (AvgIpc) is 0.722. The Morgan fingerprint density at radius 3 is 0.857 bits per heavy atom. The van der Waals surface area contributed by atoms with Crippen LogP contribution >= 0.6 is 0 Å². The molecule has 33 valence electrons. The van der Waals surface area contributed by atoms with Crippen LogP contribution in [0.2, 0.25) is 0 Å². The normalized spacial score (nSPS) is 8.57. The summed E-state index contributed by atoms with van der Waals surface area (Å²) in [5.74, 6) is 0. The predicted octanol–water partition coefficient (Wildman–Crippen LogP) is -8.13. The third-order valence-corrected chi connectivity index (χ3v) is 0. The molecule has 0 saturated heterocycles. The van der Waals surface area contributed by atoms with E-state index < -0.39 is 9.05 Å². The fourth-order valence-corrected chi connectivity index (χ4v) is 0. The minimum absolute atomic E-state index is 0. The molecule has 0 unspecified atom stereocenters. The Bertz CT molecular complexity index is 27.2. The SMILES string of the molecule is [Ce+3].[Na+].[O-][Si]([O-])([O-])[O-]. The van der Waals surface area contributed by atoms with E-state index in [1.54, 1.807) is 0 Å². The molecule has 0 aromatic rings. The maximum atomic E-state index is 8.58. The summed E-state index contributed by atoms with van der Waals surface area (Å²) in [6, 6.07) is 0. The van der Waals surface area contributed by atoms with E-state index in [1.807, 2.05) is 0 Å². The molecule has 0 spiro atoms. The van der Waals surface area contributed by atoms with Crippen LogP contribution in [0.1, 0.15) is 0 Å². The van der Waals surface area contributed by atoms with Crippen LogP contribution in [-0.4, -0.2) is 9.05 Å². The molecular weight excluding hydrogens is 255 g/mol. The summed E-state index contributed by atoms with van der Waals surface area (Å²) in [5.41, 5.74) is 0. The van der Waals surface area contributed by atoms with Gasteiger partial charge in [-0.3, -0.25) is 0 Å². The van der Waals surface area contributed by atoms with Gasteiger partial charge in [0.25, 0.3) is 0 Å². The third kappa shape index (κ3) is 58.9. The molecule has 0 aromatic carbocycles. The minimum Gasteiger partial charge on any atom is -0.894 e. The Labute approximate surface area is 97.7 Å². The van der Waals surface area contributed by atoms with Crippen molar-refractivity contribution in [3.8, 4) is 0 Å². The van der Waals surface area contributed by atoms with Crippen LogP contribution in [0, 0.1) is 41.7 Å². The van der Waals surface area contributed by atoms with E-state index in [0.29, 0.717) is 0 Å². The van der Waals surface area contributed by atoms with Crippen molar-refractivity contribution >= 4 is 9.05 Å². The van der Waals surface area contributed by atoms with Gasteiger partial charge in [-0.15, -0.1) is 0 Å². The largest absolute Gasteiger partial charge is 3.00 e. The van der Waals surface area contributed by atoms with Crippen molar-refractivity contribution in [1.82, 2.24) is 0 Å². The molecule has 0 heterocycles. The molecule has 0 aliphatic heterocycles. The van der Waals surface area contributed by atoms with E-state index >= 15 is 0 Å². The van der Waals surface area contributed by atoms with E-state index in [2.05, 4.69) is 0 Å². The first-order valence-corrected chi connectivity index (χ1v) is 2.45. The van der Waals surface area contributed by atoms with E-state index in [9.17, 15) is 0 Å². The second-order valence-corrected chi connectivity index (χ2v) is 1.50. The van der Waals surface area contributed by atoms with Gasteiger partial charge in [0.05, 0.1) is 0 Å². The molecule has 0 N–H and O–H groups in total. The van der Waals surface area contributed by atoms with Crippen molar-refractivity contribution in [2.75, 3.05) is 0 Å². The Balaban J connectivity index is -0.0000000800. The molecule has 0 bridgehead atoms. The van der Waals surface area contributed by atoms with Crippen LogP contribution in [0.3, 0.4) is 0 Å². The van der Waals surface area contributed by atoms with Gasteiger partial charge in [0.1, 0.15) is 0 Å². The molecule has 0 aromatic heterocycles. The molecule has 1 radical (unpaired) electrons.